The second-order valence-electron chi connectivity index (χ2n) is 6.00. The van der Waals surface area contributed by atoms with Crippen molar-refractivity contribution < 1.29 is 18.3 Å². The van der Waals surface area contributed by atoms with Crippen LogP contribution in [0, 0.1) is 0 Å². The van der Waals surface area contributed by atoms with Crippen molar-refractivity contribution in [1.82, 2.24) is 0 Å². The monoisotopic (exact) mass is 396 g/mol. The molecule has 0 aliphatic heterocycles. The molecule has 28 heavy (non-hydrogen) atoms. The number of carbonyl (C=O) groups excluding carboxylic acids is 1. The molecule has 144 valence electrons. The molecule has 0 aliphatic rings. The third-order valence-corrected chi connectivity index (χ3v) is 6.07. The maximum atomic E-state index is 13.1. The summed E-state index contributed by atoms with van der Waals surface area (Å²) in [6, 6.07) is 20.9. The maximum Gasteiger partial charge on any atom is 0.264 e. The summed E-state index contributed by atoms with van der Waals surface area (Å²) >= 11 is 0. The Labute approximate surface area is 164 Å². The van der Waals surface area contributed by atoms with Gasteiger partial charge in [0.2, 0.25) is 0 Å². The van der Waals surface area contributed by atoms with Crippen LogP contribution < -0.4 is 9.62 Å². The average Bonchev–Trinajstić information content (AvgIpc) is 2.71. The first-order valence-corrected chi connectivity index (χ1v) is 10.1. The number of aromatic hydroxyl groups is 1. The average molecular weight is 396 g/mol. The van der Waals surface area contributed by atoms with Gasteiger partial charge in [0.1, 0.15) is 5.75 Å². The molecule has 0 bridgehead atoms. The molecule has 7 heteroatoms. The van der Waals surface area contributed by atoms with Gasteiger partial charge in [-0.3, -0.25) is 9.10 Å². The van der Waals surface area contributed by atoms with E-state index in [2.05, 4.69) is 5.32 Å². The lowest BCUT2D eigenvalue weighted by molar-refractivity contribution is 0.102. The van der Waals surface area contributed by atoms with E-state index in [9.17, 15) is 18.3 Å². The van der Waals surface area contributed by atoms with E-state index >= 15 is 0 Å². The number of anilines is 2. The van der Waals surface area contributed by atoms with Crippen LogP contribution in [0.5, 0.6) is 5.75 Å². The number of nitrogens with one attached hydrogen (secondary N) is 1. The van der Waals surface area contributed by atoms with Crippen LogP contribution in [0.2, 0.25) is 0 Å². The maximum absolute atomic E-state index is 13.1. The van der Waals surface area contributed by atoms with E-state index in [0.29, 0.717) is 5.69 Å². The SMILES string of the molecule is CCN(c1ccccc1)S(=O)(=O)c1cccc(C(=O)Nc2ccccc2O)c1. The van der Waals surface area contributed by atoms with Gasteiger partial charge in [0.25, 0.3) is 15.9 Å². The van der Waals surface area contributed by atoms with Gasteiger partial charge in [0.05, 0.1) is 16.3 Å². The Morgan fingerprint density at radius 2 is 1.64 bits per heavy atom. The van der Waals surface area contributed by atoms with Crippen LogP contribution >= 0.6 is 0 Å². The molecular weight excluding hydrogens is 376 g/mol. The topological polar surface area (TPSA) is 86.7 Å². The second-order valence-corrected chi connectivity index (χ2v) is 7.87. The van der Waals surface area contributed by atoms with E-state index < -0.39 is 15.9 Å². The number of para-hydroxylation sites is 3. The number of nitrogens with zero attached hydrogens (tertiary/aromatic N) is 1. The van der Waals surface area contributed by atoms with Crippen molar-refractivity contribution in [1.29, 1.82) is 0 Å². The number of hydrogen-bond acceptors (Lipinski definition) is 4. The molecule has 0 aromatic heterocycles. The third kappa shape index (κ3) is 3.99. The Morgan fingerprint density at radius 3 is 2.32 bits per heavy atom. The van der Waals surface area contributed by atoms with E-state index in [-0.39, 0.29) is 28.4 Å². The van der Waals surface area contributed by atoms with E-state index in [4.69, 9.17) is 0 Å². The lowest BCUT2D eigenvalue weighted by Gasteiger charge is -2.23. The predicted octanol–water partition coefficient (Wildman–Crippen LogP) is 3.86. The molecule has 6 nitrogen and oxygen atoms in total. The van der Waals surface area contributed by atoms with Crippen molar-refractivity contribution in [3.8, 4) is 5.75 Å². The molecule has 3 aromatic carbocycles. The molecule has 0 fully saturated rings. The van der Waals surface area contributed by atoms with Crippen LogP contribution in [0.15, 0.2) is 83.8 Å². The minimum atomic E-state index is -3.84. The summed E-state index contributed by atoms with van der Waals surface area (Å²) in [6.07, 6.45) is 0. The largest absolute Gasteiger partial charge is 0.506 e. The highest BCUT2D eigenvalue weighted by Crippen LogP contribution is 2.25. The first kappa shape index (κ1) is 19.4. The quantitative estimate of drug-likeness (QED) is 0.620. The van der Waals surface area contributed by atoms with Crippen LogP contribution in [0.3, 0.4) is 0 Å². The normalized spacial score (nSPS) is 11.0. The Balaban J connectivity index is 1.92. The van der Waals surface area contributed by atoms with Crippen LogP contribution in [0.1, 0.15) is 17.3 Å². The molecule has 0 heterocycles. The molecule has 0 saturated heterocycles. The fraction of sp³-hybridized carbons (Fsp3) is 0.0952. The summed E-state index contributed by atoms with van der Waals surface area (Å²) in [5.74, 6) is -0.581. The summed E-state index contributed by atoms with van der Waals surface area (Å²) in [7, 11) is -3.84. The smallest absolute Gasteiger partial charge is 0.264 e. The van der Waals surface area contributed by atoms with Crippen molar-refractivity contribution in [2.75, 3.05) is 16.2 Å². The summed E-state index contributed by atoms with van der Waals surface area (Å²) < 4.78 is 27.5. The Bertz CT molecular complexity index is 1080. The fourth-order valence-corrected chi connectivity index (χ4v) is 4.30. The number of benzene rings is 3. The molecule has 0 saturated carbocycles. The molecule has 2 N–H and O–H groups in total. The molecule has 0 aliphatic carbocycles. The second kappa shape index (κ2) is 8.14. The standard InChI is InChI=1S/C21H20N2O4S/c1-2-23(17-10-4-3-5-11-17)28(26,27)18-12-8-9-16(15-18)21(25)22-19-13-6-7-14-20(19)24/h3-15,24H,2H2,1H3,(H,22,25). The number of rotatable bonds is 6. The van der Waals surface area contributed by atoms with E-state index in [1.54, 1.807) is 49.4 Å². The molecule has 3 aromatic rings. The molecule has 0 atom stereocenters. The number of amides is 1. The number of phenolic OH excluding ortho intramolecular Hbond substituents is 1. The highest BCUT2D eigenvalue weighted by Gasteiger charge is 2.24. The zero-order valence-electron chi connectivity index (χ0n) is 15.2. The Kier molecular flexibility index (Phi) is 5.65. The molecular formula is C21H20N2O4S. The van der Waals surface area contributed by atoms with Crippen molar-refractivity contribution in [2.24, 2.45) is 0 Å². The van der Waals surface area contributed by atoms with Crippen molar-refractivity contribution in [3.05, 3.63) is 84.4 Å². The molecule has 0 spiro atoms. The van der Waals surface area contributed by atoms with Gasteiger partial charge in [-0.05, 0) is 49.4 Å². The van der Waals surface area contributed by atoms with E-state index in [0.717, 1.165) is 0 Å². The summed E-state index contributed by atoms with van der Waals surface area (Å²) in [4.78, 5) is 12.5. The Morgan fingerprint density at radius 1 is 0.964 bits per heavy atom. The van der Waals surface area contributed by atoms with Gasteiger partial charge >= 0.3 is 0 Å². The number of carbonyl (C=O) groups is 1. The first-order chi connectivity index (χ1) is 13.4. The van der Waals surface area contributed by atoms with Crippen molar-refractivity contribution >= 4 is 27.3 Å². The highest BCUT2D eigenvalue weighted by atomic mass is 32.2. The first-order valence-electron chi connectivity index (χ1n) is 8.70. The zero-order chi connectivity index (χ0) is 20.1. The summed E-state index contributed by atoms with van der Waals surface area (Å²) in [5, 5.41) is 12.4. The van der Waals surface area contributed by atoms with Crippen molar-refractivity contribution in [3.63, 3.8) is 0 Å². The van der Waals surface area contributed by atoms with Crippen LogP contribution in [0.25, 0.3) is 0 Å². The van der Waals surface area contributed by atoms with Crippen LogP contribution in [-0.4, -0.2) is 26.0 Å². The summed E-state index contributed by atoms with van der Waals surface area (Å²) in [6.45, 7) is 2.00. The molecule has 3 rings (SSSR count). The van der Waals surface area contributed by atoms with Gasteiger partial charge < -0.3 is 10.4 Å². The third-order valence-electron chi connectivity index (χ3n) is 4.17. The van der Waals surface area contributed by atoms with Gasteiger partial charge in [-0.15, -0.1) is 0 Å². The summed E-state index contributed by atoms with van der Waals surface area (Å²) in [5.41, 5.74) is 0.975. The highest BCUT2D eigenvalue weighted by molar-refractivity contribution is 7.92. The lowest BCUT2D eigenvalue weighted by Crippen LogP contribution is -2.30. The Hall–Kier alpha value is -3.32. The van der Waals surface area contributed by atoms with E-state index in [1.807, 2.05) is 6.07 Å². The fourth-order valence-electron chi connectivity index (χ4n) is 2.78. The minimum absolute atomic E-state index is 0.0168. The van der Waals surface area contributed by atoms with Gasteiger partial charge in [-0.1, -0.05) is 36.4 Å². The van der Waals surface area contributed by atoms with Crippen LogP contribution in [0.4, 0.5) is 11.4 Å². The van der Waals surface area contributed by atoms with Gasteiger partial charge in [0.15, 0.2) is 0 Å². The van der Waals surface area contributed by atoms with Gasteiger partial charge in [-0.25, -0.2) is 8.42 Å². The lowest BCUT2D eigenvalue weighted by atomic mass is 10.2. The number of phenols is 1. The molecule has 1 amide bonds. The van der Waals surface area contributed by atoms with Gasteiger partial charge in [0, 0.05) is 12.1 Å². The van der Waals surface area contributed by atoms with Crippen molar-refractivity contribution in [2.45, 2.75) is 11.8 Å². The molecule has 0 unspecified atom stereocenters. The number of sulfonamides is 1. The zero-order valence-corrected chi connectivity index (χ0v) is 16.1. The van der Waals surface area contributed by atoms with Crippen LogP contribution in [-0.2, 0) is 10.0 Å². The predicted molar refractivity (Wildman–Crippen MR) is 109 cm³/mol. The minimum Gasteiger partial charge on any atom is -0.506 e. The van der Waals surface area contributed by atoms with E-state index in [1.165, 1.54) is 34.6 Å². The molecule has 0 radical (unpaired) electrons. The van der Waals surface area contributed by atoms with Gasteiger partial charge in [-0.2, -0.15) is 0 Å². The number of hydrogen-bond donors (Lipinski definition) is 2.